The summed E-state index contributed by atoms with van der Waals surface area (Å²) in [6.45, 7) is 0. The highest BCUT2D eigenvalue weighted by molar-refractivity contribution is 7.13. The van der Waals surface area contributed by atoms with E-state index < -0.39 is 23.7 Å². The summed E-state index contributed by atoms with van der Waals surface area (Å²) in [4.78, 5) is 29.1. The Bertz CT molecular complexity index is 1270. The molecule has 2 amide bonds. The molecule has 164 valence electrons. The molecule has 0 fully saturated rings. The number of nitrogens with zero attached hydrogens (tertiary/aromatic N) is 3. The monoisotopic (exact) mass is 497 g/mol. The average Bonchev–Trinajstić information content (AvgIpc) is 3.51. The second kappa shape index (κ2) is 8.73. The van der Waals surface area contributed by atoms with Gasteiger partial charge in [0.2, 0.25) is 5.13 Å². The standard InChI is InChI=1S/C19H11ClF3N5O2S2/c20-11-5-3-10(4-6-11)16(29)25-26-17(30)12-9-32-18(24-12)28-13(14-2-1-7-31-14)8-15(27-28)19(21,22)23/h1-9H,(H,25,29)(H,26,30). The van der Waals surface area contributed by atoms with E-state index in [1.165, 1.54) is 41.0 Å². The number of hydrazine groups is 1. The van der Waals surface area contributed by atoms with Gasteiger partial charge in [-0.15, -0.1) is 22.7 Å². The van der Waals surface area contributed by atoms with E-state index in [-0.39, 0.29) is 22.1 Å². The first-order valence-electron chi connectivity index (χ1n) is 8.75. The molecule has 0 saturated carbocycles. The molecule has 0 aliphatic carbocycles. The third kappa shape index (κ3) is 4.66. The number of nitrogens with one attached hydrogen (secondary N) is 2. The highest BCUT2D eigenvalue weighted by atomic mass is 35.5. The number of rotatable bonds is 4. The number of benzene rings is 1. The van der Waals surface area contributed by atoms with E-state index in [0.29, 0.717) is 9.90 Å². The molecule has 0 atom stereocenters. The number of carbonyl (C=O) groups is 2. The molecule has 0 bridgehead atoms. The van der Waals surface area contributed by atoms with Crippen molar-refractivity contribution in [3.05, 3.63) is 75.2 Å². The molecule has 2 N–H and O–H groups in total. The van der Waals surface area contributed by atoms with Crippen LogP contribution in [0.2, 0.25) is 5.02 Å². The van der Waals surface area contributed by atoms with Crippen LogP contribution in [-0.4, -0.2) is 26.6 Å². The Kier molecular flexibility index (Phi) is 6.00. The Labute approximate surface area is 191 Å². The van der Waals surface area contributed by atoms with Crippen LogP contribution in [0.5, 0.6) is 0 Å². The molecule has 0 unspecified atom stereocenters. The summed E-state index contributed by atoms with van der Waals surface area (Å²) >= 11 is 7.95. The van der Waals surface area contributed by atoms with Gasteiger partial charge in [0.05, 0.1) is 10.6 Å². The predicted molar refractivity (Wildman–Crippen MR) is 114 cm³/mol. The maximum atomic E-state index is 13.2. The van der Waals surface area contributed by atoms with E-state index in [9.17, 15) is 22.8 Å². The fraction of sp³-hybridized carbons (Fsp3) is 0.0526. The highest BCUT2D eigenvalue weighted by Gasteiger charge is 2.35. The van der Waals surface area contributed by atoms with Crippen molar-refractivity contribution in [2.24, 2.45) is 0 Å². The maximum absolute atomic E-state index is 13.2. The molecule has 0 radical (unpaired) electrons. The molecule has 1 aromatic carbocycles. The van der Waals surface area contributed by atoms with E-state index in [0.717, 1.165) is 22.1 Å². The molecular formula is C19H11ClF3N5O2S2. The van der Waals surface area contributed by atoms with E-state index >= 15 is 0 Å². The fourth-order valence-corrected chi connectivity index (χ4v) is 4.20. The fourth-order valence-electron chi connectivity index (χ4n) is 2.58. The highest BCUT2D eigenvalue weighted by Crippen LogP contribution is 2.35. The number of thiophene rings is 1. The minimum Gasteiger partial charge on any atom is -0.267 e. The van der Waals surface area contributed by atoms with E-state index in [2.05, 4.69) is 20.9 Å². The minimum atomic E-state index is -4.64. The summed E-state index contributed by atoms with van der Waals surface area (Å²) in [5, 5.41) is 7.24. The molecule has 4 aromatic rings. The number of aromatic nitrogens is 3. The summed E-state index contributed by atoms with van der Waals surface area (Å²) in [5.74, 6) is -1.32. The number of thiazole rings is 1. The van der Waals surface area contributed by atoms with Gasteiger partial charge in [0.25, 0.3) is 11.8 Å². The van der Waals surface area contributed by atoms with Crippen LogP contribution in [0.4, 0.5) is 13.2 Å². The molecule has 3 heterocycles. The van der Waals surface area contributed by atoms with Crippen LogP contribution in [0.15, 0.2) is 53.2 Å². The largest absolute Gasteiger partial charge is 0.435 e. The van der Waals surface area contributed by atoms with Crippen molar-refractivity contribution in [2.75, 3.05) is 0 Å². The van der Waals surface area contributed by atoms with Crippen LogP contribution in [0, 0.1) is 0 Å². The average molecular weight is 498 g/mol. The quantitative estimate of drug-likeness (QED) is 0.396. The van der Waals surface area contributed by atoms with Gasteiger partial charge in [-0.05, 0) is 41.8 Å². The van der Waals surface area contributed by atoms with Crippen molar-refractivity contribution < 1.29 is 22.8 Å². The molecule has 3 aromatic heterocycles. The van der Waals surface area contributed by atoms with Crippen LogP contribution < -0.4 is 10.9 Å². The summed E-state index contributed by atoms with van der Waals surface area (Å²) in [7, 11) is 0. The number of hydrogen-bond donors (Lipinski definition) is 2. The Morgan fingerprint density at radius 1 is 1.03 bits per heavy atom. The summed E-state index contributed by atoms with van der Waals surface area (Å²) in [5.41, 5.74) is 3.75. The predicted octanol–water partition coefficient (Wildman–Crippen LogP) is 4.80. The van der Waals surface area contributed by atoms with Crippen molar-refractivity contribution in [2.45, 2.75) is 6.18 Å². The van der Waals surface area contributed by atoms with Gasteiger partial charge >= 0.3 is 6.18 Å². The van der Waals surface area contributed by atoms with Gasteiger partial charge in [-0.1, -0.05) is 17.7 Å². The lowest BCUT2D eigenvalue weighted by Crippen LogP contribution is -2.41. The Hall–Kier alpha value is -3.22. The normalized spacial score (nSPS) is 11.4. The second-order valence-corrected chi connectivity index (χ2v) is 8.45. The smallest absolute Gasteiger partial charge is 0.267 e. The van der Waals surface area contributed by atoms with Crippen molar-refractivity contribution >= 4 is 46.1 Å². The Balaban J connectivity index is 1.53. The number of alkyl halides is 3. The summed E-state index contributed by atoms with van der Waals surface area (Å²) in [6, 6.07) is 10.3. The first kappa shape index (κ1) is 22.0. The second-order valence-electron chi connectivity index (χ2n) is 6.23. The van der Waals surface area contributed by atoms with Crippen molar-refractivity contribution in [3.63, 3.8) is 0 Å². The van der Waals surface area contributed by atoms with Crippen LogP contribution in [0.1, 0.15) is 26.5 Å². The third-order valence-corrected chi connectivity index (χ3v) is 6.04. The van der Waals surface area contributed by atoms with Gasteiger partial charge in [-0.3, -0.25) is 20.4 Å². The van der Waals surface area contributed by atoms with Crippen LogP contribution >= 0.6 is 34.3 Å². The first-order valence-corrected chi connectivity index (χ1v) is 10.9. The van der Waals surface area contributed by atoms with Gasteiger partial charge in [-0.25, -0.2) is 9.67 Å². The maximum Gasteiger partial charge on any atom is 0.435 e. The number of halogens is 4. The van der Waals surface area contributed by atoms with Crippen molar-refractivity contribution in [1.29, 1.82) is 0 Å². The van der Waals surface area contributed by atoms with Gasteiger partial charge in [0.15, 0.2) is 5.69 Å². The number of carbonyl (C=O) groups excluding carboxylic acids is 2. The molecule has 0 aliphatic rings. The zero-order chi connectivity index (χ0) is 22.9. The summed E-state index contributed by atoms with van der Waals surface area (Å²) < 4.78 is 40.7. The molecule has 0 aliphatic heterocycles. The topological polar surface area (TPSA) is 88.9 Å². The lowest BCUT2D eigenvalue weighted by molar-refractivity contribution is -0.141. The van der Waals surface area contributed by atoms with E-state index in [4.69, 9.17) is 11.6 Å². The zero-order valence-corrected chi connectivity index (χ0v) is 18.1. The van der Waals surface area contributed by atoms with Crippen LogP contribution in [0.25, 0.3) is 15.7 Å². The van der Waals surface area contributed by atoms with Crippen LogP contribution in [0.3, 0.4) is 0 Å². The molecule has 4 rings (SSSR count). The molecule has 7 nitrogen and oxygen atoms in total. The molecular weight excluding hydrogens is 487 g/mol. The molecule has 0 spiro atoms. The first-order chi connectivity index (χ1) is 15.2. The SMILES string of the molecule is O=C(NNC(=O)c1csc(-n2nc(C(F)(F)F)cc2-c2cccs2)n1)c1ccc(Cl)cc1. The number of amides is 2. The Morgan fingerprint density at radius 3 is 2.41 bits per heavy atom. The van der Waals surface area contributed by atoms with E-state index in [1.54, 1.807) is 17.5 Å². The van der Waals surface area contributed by atoms with Gasteiger partial charge in [-0.2, -0.15) is 18.3 Å². The lowest BCUT2D eigenvalue weighted by Gasteiger charge is -2.06. The van der Waals surface area contributed by atoms with Gasteiger partial charge in [0.1, 0.15) is 5.69 Å². The van der Waals surface area contributed by atoms with Gasteiger partial charge in [0, 0.05) is 16.0 Å². The zero-order valence-electron chi connectivity index (χ0n) is 15.7. The third-order valence-electron chi connectivity index (χ3n) is 4.08. The van der Waals surface area contributed by atoms with Gasteiger partial charge < -0.3 is 0 Å². The lowest BCUT2D eigenvalue weighted by atomic mass is 10.2. The molecule has 0 saturated heterocycles. The molecule has 32 heavy (non-hydrogen) atoms. The Morgan fingerprint density at radius 2 is 1.75 bits per heavy atom. The number of hydrogen-bond acceptors (Lipinski definition) is 6. The van der Waals surface area contributed by atoms with Crippen molar-refractivity contribution in [1.82, 2.24) is 25.6 Å². The van der Waals surface area contributed by atoms with E-state index in [1.807, 2.05) is 0 Å². The summed E-state index contributed by atoms with van der Waals surface area (Å²) in [6.07, 6.45) is -4.64. The van der Waals surface area contributed by atoms with Crippen molar-refractivity contribution in [3.8, 4) is 15.7 Å². The molecule has 13 heteroatoms. The van der Waals surface area contributed by atoms with Crippen LogP contribution in [-0.2, 0) is 6.18 Å². The minimum absolute atomic E-state index is 0.0677.